The van der Waals surface area contributed by atoms with Crippen LogP contribution in [0.1, 0.15) is 20.7 Å². The van der Waals surface area contributed by atoms with Crippen molar-refractivity contribution in [1.82, 2.24) is 40.2 Å². The first-order chi connectivity index (χ1) is 20.7. The minimum atomic E-state index is -0.307. The smallest absolute Gasteiger partial charge is 0.255 e. The molecule has 0 saturated heterocycles. The van der Waals surface area contributed by atoms with Crippen LogP contribution in [0.15, 0.2) is 122 Å². The molecule has 0 unspecified atom stereocenters. The fraction of sp³-hybridized carbons (Fsp3) is 0.0625. The molecule has 0 radical (unpaired) electrons. The first-order valence-electron chi connectivity index (χ1n) is 13.3. The molecule has 4 aromatic heterocycles. The summed E-state index contributed by atoms with van der Waals surface area (Å²) in [7, 11) is 0. The molecule has 0 atom stereocenters. The maximum Gasteiger partial charge on any atom is 0.255 e. The second kappa shape index (κ2) is 12.1. The number of aromatic nitrogens is 6. The highest BCUT2D eigenvalue weighted by Crippen LogP contribution is 2.24. The highest BCUT2D eigenvalue weighted by Gasteiger charge is 2.20. The number of nitrogens with zero attached hydrogens (tertiary/aromatic N) is 6. The van der Waals surface area contributed by atoms with E-state index in [1.165, 1.54) is 0 Å². The number of hydrogen-bond acceptors (Lipinski definition) is 6. The van der Waals surface area contributed by atoms with Gasteiger partial charge in [-0.15, -0.1) is 0 Å². The molecule has 10 heteroatoms. The van der Waals surface area contributed by atoms with Gasteiger partial charge >= 0.3 is 0 Å². The molecule has 0 aliphatic heterocycles. The molecular weight excluding hydrogens is 528 g/mol. The van der Waals surface area contributed by atoms with Gasteiger partial charge in [-0.25, -0.2) is 9.36 Å². The van der Waals surface area contributed by atoms with E-state index in [4.69, 9.17) is 0 Å². The van der Waals surface area contributed by atoms with Crippen LogP contribution < -0.4 is 10.6 Å². The van der Waals surface area contributed by atoms with Crippen molar-refractivity contribution in [2.45, 2.75) is 0 Å². The molecule has 0 spiro atoms. The molecule has 206 valence electrons. The molecule has 2 amide bonds. The van der Waals surface area contributed by atoms with Crippen molar-refractivity contribution < 1.29 is 9.59 Å². The van der Waals surface area contributed by atoms with Crippen LogP contribution in [0.5, 0.6) is 0 Å². The average molecular weight is 555 g/mol. The normalized spacial score (nSPS) is 10.8. The fourth-order valence-electron chi connectivity index (χ4n) is 4.48. The Bertz CT molecular complexity index is 1670. The molecule has 6 rings (SSSR count). The molecule has 0 bridgehead atoms. The Morgan fingerprint density at radius 3 is 1.38 bits per heavy atom. The van der Waals surface area contributed by atoms with Crippen LogP contribution in [-0.2, 0) is 0 Å². The predicted octanol–water partition coefficient (Wildman–Crippen LogP) is 4.34. The van der Waals surface area contributed by atoms with Gasteiger partial charge in [-0.05, 0) is 48.5 Å². The standard InChI is InChI=1S/C32H26N8O2/c41-31(27-21-39(25-11-3-1-4-12-25)37-29(27)23-9-7-15-33-19-23)35-17-18-36-32(42)28-22-40(26-13-5-2-6-14-26)38-30(28)24-10-8-16-34-20-24/h1-16,19-22H,17-18H2,(H,35,41)(H,36,42). The zero-order valence-corrected chi connectivity index (χ0v) is 22.5. The molecule has 0 aliphatic carbocycles. The maximum atomic E-state index is 13.3. The topological polar surface area (TPSA) is 120 Å². The average Bonchev–Trinajstić information content (AvgIpc) is 3.71. The zero-order valence-electron chi connectivity index (χ0n) is 22.5. The van der Waals surface area contributed by atoms with Crippen LogP contribution in [0, 0.1) is 0 Å². The van der Waals surface area contributed by atoms with Crippen molar-refractivity contribution in [2.75, 3.05) is 13.1 Å². The SMILES string of the molecule is O=C(NCCNC(=O)c1cn(-c2ccccc2)nc1-c1cccnc1)c1cn(-c2ccccc2)nc1-c1cccnc1. The largest absolute Gasteiger partial charge is 0.350 e. The van der Waals surface area contributed by atoms with Gasteiger partial charge in [0.25, 0.3) is 11.8 Å². The molecule has 42 heavy (non-hydrogen) atoms. The third-order valence-electron chi connectivity index (χ3n) is 6.53. The van der Waals surface area contributed by atoms with Crippen molar-refractivity contribution in [3.8, 4) is 33.9 Å². The van der Waals surface area contributed by atoms with Crippen molar-refractivity contribution in [3.05, 3.63) is 133 Å². The van der Waals surface area contributed by atoms with Crippen LogP contribution >= 0.6 is 0 Å². The van der Waals surface area contributed by atoms with Crippen LogP contribution in [0.25, 0.3) is 33.9 Å². The summed E-state index contributed by atoms with van der Waals surface area (Å²) < 4.78 is 3.34. The molecule has 0 saturated carbocycles. The molecule has 2 aromatic carbocycles. The van der Waals surface area contributed by atoms with Crippen LogP contribution in [-0.4, -0.2) is 54.4 Å². The molecule has 6 aromatic rings. The van der Waals surface area contributed by atoms with Gasteiger partial charge in [-0.1, -0.05) is 36.4 Å². The number of hydrogen-bond donors (Lipinski definition) is 2. The molecule has 4 heterocycles. The minimum absolute atomic E-state index is 0.211. The van der Waals surface area contributed by atoms with Crippen molar-refractivity contribution in [3.63, 3.8) is 0 Å². The number of pyridine rings is 2. The molecule has 10 nitrogen and oxygen atoms in total. The second-order valence-corrected chi connectivity index (χ2v) is 9.34. The summed E-state index contributed by atoms with van der Waals surface area (Å²) in [5.41, 5.74) is 4.95. The first-order valence-corrected chi connectivity index (χ1v) is 13.3. The van der Waals surface area contributed by atoms with Gasteiger partial charge in [0.2, 0.25) is 0 Å². The van der Waals surface area contributed by atoms with E-state index in [0.29, 0.717) is 22.5 Å². The molecule has 0 fully saturated rings. The van der Waals surface area contributed by atoms with Crippen molar-refractivity contribution >= 4 is 11.8 Å². The molecule has 0 aliphatic rings. The fourth-order valence-corrected chi connectivity index (χ4v) is 4.48. The lowest BCUT2D eigenvalue weighted by Gasteiger charge is -2.07. The number of benzene rings is 2. The minimum Gasteiger partial charge on any atom is -0.350 e. The van der Waals surface area contributed by atoms with Gasteiger partial charge in [0.1, 0.15) is 11.4 Å². The lowest BCUT2D eigenvalue weighted by atomic mass is 10.1. The van der Waals surface area contributed by atoms with E-state index in [1.54, 1.807) is 58.7 Å². The summed E-state index contributed by atoms with van der Waals surface area (Å²) in [5, 5.41) is 15.1. The first kappa shape index (κ1) is 26.3. The quantitative estimate of drug-likeness (QED) is 0.257. The number of carbonyl (C=O) groups is 2. The van der Waals surface area contributed by atoms with Gasteiger partial charge < -0.3 is 10.6 Å². The van der Waals surface area contributed by atoms with E-state index in [-0.39, 0.29) is 24.9 Å². The lowest BCUT2D eigenvalue weighted by molar-refractivity contribution is 0.0928. The van der Waals surface area contributed by atoms with E-state index < -0.39 is 0 Å². The van der Waals surface area contributed by atoms with E-state index in [0.717, 1.165) is 22.5 Å². The number of carbonyl (C=O) groups excluding carboxylic acids is 2. The summed E-state index contributed by atoms with van der Waals surface area (Å²) in [4.78, 5) is 34.9. The third-order valence-corrected chi connectivity index (χ3v) is 6.53. The summed E-state index contributed by atoms with van der Waals surface area (Å²) in [5.74, 6) is -0.614. The summed E-state index contributed by atoms with van der Waals surface area (Å²) in [6, 6.07) is 26.4. The van der Waals surface area contributed by atoms with Crippen LogP contribution in [0.2, 0.25) is 0 Å². The monoisotopic (exact) mass is 554 g/mol. The lowest BCUT2D eigenvalue weighted by Crippen LogP contribution is -2.34. The Balaban J connectivity index is 1.16. The van der Waals surface area contributed by atoms with Gasteiger partial charge in [0.05, 0.1) is 22.5 Å². The molecular formula is C32H26N8O2. The van der Waals surface area contributed by atoms with Gasteiger partial charge in [0.15, 0.2) is 0 Å². The highest BCUT2D eigenvalue weighted by atomic mass is 16.2. The number of nitrogens with one attached hydrogen (secondary N) is 2. The summed E-state index contributed by atoms with van der Waals surface area (Å²) in [6.07, 6.45) is 10.1. The highest BCUT2D eigenvalue weighted by molar-refractivity contribution is 6.01. The Morgan fingerprint density at radius 2 is 1.00 bits per heavy atom. The summed E-state index contributed by atoms with van der Waals surface area (Å²) >= 11 is 0. The van der Waals surface area contributed by atoms with Gasteiger partial charge in [-0.2, -0.15) is 10.2 Å². The van der Waals surface area contributed by atoms with E-state index in [1.807, 2.05) is 72.8 Å². The molecule has 2 N–H and O–H groups in total. The Morgan fingerprint density at radius 1 is 0.571 bits per heavy atom. The number of rotatable bonds is 9. The third kappa shape index (κ3) is 5.68. The Kier molecular flexibility index (Phi) is 7.58. The number of amides is 2. The number of para-hydroxylation sites is 2. The van der Waals surface area contributed by atoms with Crippen LogP contribution in [0.4, 0.5) is 0 Å². The van der Waals surface area contributed by atoms with E-state index in [9.17, 15) is 9.59 Å². The maximum absolute atomic E-state index is 13.3. The second-order valence-electron chi connectivity index (χ2n) is 9.34. The van der Waals surface area contributed by atoms with Crippen LogP contribution in [0.3, 0.4) is 0 Å². The Labute approximate surface area is 241 Å². The van der Waals surface area contributed by atoms with Crippen molar-refractivity contribution in [2.24, 2.45) is 0 Å². The summed E-state index contributed by atoms with van der Waals surface area (Å²) in [6.45, 7) is 0.422. The van der Waals surface area contributed by atoms with Gasteiger partial charge in [-0.3, -0.25) is 19.6 Å². The van der Waals surface area contributed by atoms with Gasteiger partial charge in [0, 0.05) is 61.4 Å². The zero-order chi connectivity index (χ0) is 28.7. The van der Waals surface area contributed by atoms with Crippen molar-refractivity contribution in [1.29, 1.82) is 0 Å². The van der Waals surface area contributed by atoms with E-state index >= 15 is 0 Å². The Hall–Kier alpha value is -5.90. The van der Waals surface area contributed by atoms with E-state index in [2.05, 4.69) is 30.8 Å². The predicted molar refractivity (Wildman–Crippen MR) is 158 cm³/mol.